The second-order valence-corrected chi connectivity index (χ2v) is 8.19. The van der Waals surface area contributed by atoms with Crippen LogP contribution in [0.4, 0.5) is 5.00 Å². The summed E-state index contributed by atoms with van der Waals surface area (Å²) in [7, 11) is 1.30. The lowest BCUT2D eigenvalue weighted by Crippen LogP contribution is -2.16. The van der Waals surface area contributed by atoms with Crippen LogP contribution in [0.2, 0.25) is 0 Å². The van der Waals surface area contributed by atoms with Crippen molar-refractivity contribution >= 4 is 55.9 Å². The fourth-order valence-electron chi connectivity index (χ4n) is 2.41. The van der Waals surface area contributed by atoms with E-state index < -0.39 is 5.97 Å². The molecule has 0 aliphatic heterocycles. The highest BCUT2D eigenvalue weighted by molar-refractivity contribution is 9.10. The van der Waals surface area contributed by atoms with Crippen LogP contribution in [-0.4, -0.2) is 39.5 Å². The summed E-state index contributed by atoms with van der Waals surface area (Å²) < 4.78 is 12.8. The molecule has 28 heavy (non-hydrogen) atoms. The Labute approximate surface area is 177 Å². The van der Waals surface area contributed by atoms with Crippen molar-refractivity contribution in [1.29, 1.82) is 0 Å². The SMILES string of the molecule is CCCn1c(SCC(=O)Nc2sccc2C(=O)OC)nnc1-c1ccc(Br)o1. The molecule has 3 heterocycles. The lowest BCUT2D eigenvalue weighted by atomic mass is 10.3. The molecule has 3 aromatic rings. The van der Waals surface area contributed by atoms with Gasteiger partial charge in [0.05, 0.1) is 18.4 Å². The fourth-order valence-corrected chi connectivity index (χ4v) is 4.27. The third-order valence-electron chi connectivity index (χ3n) is 3.61. The van der Waals surface area contributed by atoms with Crippen LogP contribution < -0.4 is 5.32 Å². The van der Waals surface area contributed by atoms with Crippen LogP contribution in [0, 0.1) is 0 Å². The van der Waals surface area contributed by atoms with Gasteiger partial charge in [-0.2, -0.15) is 0 Å². The molecule has 0 aromatic carbocycles. The summed E-state index contributed by atoms with van der Waals surface area (Å²) in [6.07, 6.45) is 0.879. The summed E-state index contributed by atoms with van der Waals surface area (Å²) >= 11 is 5.82. The molecule has 0 atom stereocenters. The number of hydrogen-bond acceptors (Lipinski definition) is 8. The Morgan fingerprint density at radius 3 is 2.86 bits per heavy atom. The van der Waals surface area contributed by atoms with E-state index in [-0.39, 0.29) is 11.7 Å². The Morgan fingerprint density at radius 1 is 1.36 bits per heavy atom. The van der Waals surface area contributed by atoms with Gasteiger partial charge in [-0.3, -0.25) is 9.36 Å². The number of aromatic nitrogens is 3. The van der Waals surface area contributed by atoms with Gasteiger partial charge in [0.1, 0.15) is 5.00 Å². The van der Waals surface area contributed by atoms with Crippen molar-refractivity contribution in [3.8, 4) is 11.6 Å². The molecule has 0 unspecified atom stereocenters. The lowest BCUT2D eigenvalue weighted by molar-refractivity contribution is -0.113. The van der Waals surface area contributed by atoms with E-state index in [1.807, 2.05) is 17.6 Å². The number of methoxy groups -OCH3 is 1. The molecule has 0 spiro atoms. The predicted octanol–water partition coefficient (Wildman–Crippen LogP) is 4.29. The summed E-state index contributed by atoms with van der Waals surface area (Å²) in [4.78, 5) is 24.0. The summed E-state index contributed by atoms with van der Waals surface area (Å²) in [6.45, 7) is 2.75. The number of furan rings is 1. The first-order chi connectivity index (χ1) is 13.5. The molecule has 0 aliphatic rings. The third-order valence-corrected chi connectivity index (χ3v) is 5.84. The number of nitrogens with zero attached hydrogens (tertiary/aromatic N) is 3. The third kappa shape index (κ3) is 4.65. The minimum Gasteiger partial charge on any atom is -0.465 e. The first-order valence-corrected chi connectivity index (χ1v) is 11.0. The molecule has 3 aromatic heterocycles. The van der Waals surface area contributed by atoms with Gasteiger partial charge in [-0.05, 0) is 45.9 Å². The van der Waals surface area contributed by atoms with Crippen LogP contribution in [0.5, 0.6) is 0 Å². The quantitative estimate of drug-likeness (QED) is 0.375. The molecule has 1 N–H and O–H groups in total. The number of anilines is 1. The molecule has 0 bridgehead atoms. The standard InChI is InChI=1S/C17H17BrN4O4S2/c1-3-7-22-14(11-4-5-12(18)26-11)20-21-17(22)28-9-13(23)19-15-10(6-8-27-15)16(24)25-2/h4-6,8H,3,7,9H2,1-2H3,(H,19,23). The van der Waals surface area contributed by atoms with Crippen molar-refractivity contribution in [2.45, 2.75) is 25.0 Å². The van der Waals surface area contributed by atoms with Gasteiger partial charge in [0, 0.05) is 6.54 Å². The van der Waals surface area contributed by atoms with Crippen molar-refractivity contribution in [2.75, 3.05) is 18.2 Å². The van der Waals surface area contributed by atoms with Gasteiger partial charge in [-0.1, -0.05) is 18.7 Å². The van der Waals surface area contributed by atoms with E-state index in [0.717, 1.165) is 6.42 Å². The summed E-state index contributed by atoms with van der Waals surface area (Å²) in [5, 5.41) is 14.0. The second-order valence-electron chi connectivity index (χ2n) is 5.55. The van der Waals surface area contributed by atoms with Gasteiger partial charge in [0.15, 0.2) is 15.6 Å². The van der Waals surface area contributed by atoms with Crippen molar-refractivity contribution in [2.24, 2.45) is 0 Å². The van der Waals surface area contributed by atoms with Gasteiger partial charge >= 0.3 is 5.97 Å². The van der Waals surface area contributed by atoms with Crippen LogP contribution in [0.25, 0.3) is 11.6 Å². The van der Waals surface area contributed by atoms with Gasteiger partial charge < -0.3 is 14.5 Å². The topological polar surface area (TPSA) is 99.2 Å². The van der Waals surface area contributed by atoms with E-state index >= 15 is 0 Å². The van der Waals surface area contributed by atoms with Crippen LogP contribution in [-0.2, 0) is 16.1 Å². The van der Waals surface area contributed by atoms with E-state index in [1.165, 1.54) is 30.2 Å². The molecule has 1 amide bonds. The number of halogens is 1. The maximum Gasteiger partial charge on any atom is 0.340 e. The van der Waals surface area contributed by atoms with Crippen LogP contribution in [0.15, 0.2) is 37.8 Å². The van der Waals surface area contributed by atoms with Crippen LogP contribution in [0.1, 0.15) is 23.7 Å². The minimum absolute atomic E-state index is 0.127. The van der Waals surface area contributed by atoms with E-state index in [2.05, 4.69) is 31.4 Å². The van der Waals surface area contributed by atoms with Crippen molar-refractivity contribution in [3.05, 3.63) is 33.8 Å². The summed E-state index contributed by atoms with van der Waals surface area (Å²) in [5.41, 5.74) is 0.339. The predicted molar refractivity (Wildman–Crippen MR) is 111 cm³/mol. The van der Waals surface area contributed by atoms with Gasteiger partial charge in [-0.15, -0.1) is 21.5 Å². The number of nitrogens with one attached hydrogen (secondary N) is 1. The lowest BCUT2D eigenvalue weighted by Gasteiger charge is -2.08. The van der Waals surface area contributed by atoms with E-state index in [4.69, 9.17) is 9.15 Å². The highest BCUT2D eigenvalue weighted by atomic mass is 79.9. The number of rotatable bonds is 8. The molecule has 0 radical (unpaired) electrons. The molecule has 0 saturated carbocycles. The highest BCUT2D eigenvalue weighted by Gasteiger charge is 2.19. The highest BCUT2D eigenvalue weighted by Crippen LogP contribution is 2.28. The Bertz CT molecular complexity index is 982. The molecule has 148 valence electrons. The molecule has 11 heteroatoms. The Balaban J connectivity index is 1.69. The molecule has 0 aliphatic carbocycles. The van der Waals surface area contributed by atoms with Crippen molar-refractivity contribution in [1.82, 2.24) is 14.8 Å². The molecular formula is C17H17BrN4O4S2. The summed E-state index contributed by atoms with van der Waals surface area (Å²) in [5.74, 6) is 0.613. The first kappa shape index (κ1) is 20.6. The zero-order chi connectivity index (χ0) is 20.1. The smallest absolute Gasteiger partial charge is 0.340 e. The van der Waals surface area contributed by atoms with Gasteiger partial charge in [0.25, 0.3) is 0 Å². The van der Waals surface area contributed by atoms with Crippen LogP contribution in [0.3, 0.4) is 0 Å². The van der Waals surface area contributed by atoms with Crippen LogP contribution >= 0.6 is 39.0 Å². The van der Waals surface area contributed by atoms with Gasteiger partial charge in [-0.25, -0.2) is 4.79 Å². The number of carbonyl (C=O) groups excluding carboxylic acids is 2. The van der Waals surface area contributed by atoms with Crippen molar-refractivity contribution < 1.29 is 18.7 Å². The number of hydrogen-bond donors (Lipinski definition) is 1. The normalized spacial score (nSPS) is 10.8. The molecular weight excluding hydrogens is 468 g/mol. The molecule has 0 fully saturated rings. The van der Waals surface area contributed by atoms with E-state index in [1.54, 1.807) is 17.5 Å². The number of carbonyl (C=O) groups is 2. The van der Waals surface area contributed by atoms with Gasteiger partial charge in [0.2, 0.25) is 11.7 Å². The largest absolute Gasteiger partial charge is 0.465 e. The number of thioether (sulfide) groups is 1. The Morgan fingerprint density at radius 2 is 2.18 bits per heavy atom. The maximum atomic E-state index is 12.3. The number of ether oxygens (including phenoxy) is 1. The monoisotopic (exact) mass is 484 g/mol. The minimum atomic E-state index is -0.485. The maximum absolute atomic E-state index is 12.3. The number of amides is 1. The fraction of sp³-hybridized carbons (Fsp3) is 0.294. The molecule has 8 nitrogen and oxygen atoms in total. The Kier molecular flexibility index (Phi) is 6.92. The second kappa shape index (κ2) is 9.39. The average molecular weight is 485 g/mol. The zero-order valence-corrected chi connectivity index (χ0v) is 18.3. The first-order valence-electron chi connectivity index (χ1n) is 8.30. The van der Waals surface area contributed by atoms with E-state index in [0.29, 0.717) is 38.5 Å². The Hall–Kier alpha value is -2.11. The molecule has 0 saturated heterocycles. The van der Waals surface area contributed by atoms with Crippen molar-refractivity contribution in [3.63, 3.8) is 0 Å². The summed E-state index contributed by atoms with van der Waals surface area (Å²) in [6, 6.07) is 5.22. The zero-order valence-electron chi connectivity index (χ0n) is 15.1. The number of thiophene rings is 1. The molecule has 3 rings (SSSR count). The average Bonchev–Trinajstić information content (AvgIpc) is 3.40. The number of esters is 1. The van der Waals surface area contributed by atoms with E-state index in [9.17, 15) is 9.59 Å².